The van der Waals surface area contributed by atoms with Crippen LogP contribution in [-0.4, -0.2) is 11.7 Å². The van der Waals surface area contributed by atoms with Gasteiger partial charge in [0.15, 0.2) is 0 Å². The SMILES string of the molecule is Cc1c(NC(=O)OC(C)(C)C)csc1CC(C)C. The zero-order chi connectivity index (χ0) is 13.9. The molecule has 1 N–H and O–H groups in total. The monoisotopic (exact) mass is 269 g/mol. The van der Waals surface area contributed by atoms with Gasteiger partial charge in [0.2, 0.25) is 0 Å². The Bertz CT molecular complexity index is 416. The summed E-state index contributed by atoms with van der Waals surface area (Å²) in [5.74, 6) is 0.622. The van der Waals surface area contributed by atoms with Gasteiger partial charge >= 0.3 is 6.09 Å². The number of carbonyl (C=O) groups excluding carboxylic acids is 1. The average molecular weight is 269 g/mol. The zero-order valence-corrected chi connectivity index (χ0v) is 12.9. The van der Waals surface area contributed by atoms with E-state index in [-0.39, 0.29) is 6.09 Å². The van der Waals surface area contributed by atoms with Crippen molar-refractivity contribution >= 4 is 23.1 Å². The summed E-state index contributed by atoms with van der Waals surface area (Å²) in [6, 6.07) is 0. The Morgan fingerprint density at radius 2 is 2.06 bits per heavy atom. The number of anilines is 1. The molecule has 1 rings (SSSR count). The Balaban J connectivity index is 2.68. The smallest absolute Gasteiger partial charge is 0.412 e. The maximum absolute atomic E-state index is 11.7. The van der Waals surface area contributed by atoms with Gasteiger partial charge in [-0.15, -0.1) is 11.3 Å². The summed E-state index contributed by atoms with van der Waals surface area (Å²) in [5, 5.41) is 4.79. The van der Waals surface area contributed by atoms with Gasteiger partial charge in [-0.1, -0.05) is 13.8 Å². The van der Waals surface area contributed by atoms with E-state index in [4.69, 9.17) is 4.74 Å². The Morgan fingerprint density at radius 3 is 2.56 bits per heavy atom. The topological polar surface area (TPSA) is 38.3 Å². The number of rotatable bonds is 3. The lowest BCUT2D eigenvalue weighted by Gasteiger charge is -2.19. The Hall–Kier alpha value is -1.03. The number of carbonyl (C=O) groups is 1. The standard InChI is InChI=1S/C14H23NO2S/c1-9(2)7-12-10(3)11(8-18-12)15-13(16)17-14(4,5)6/h8-9H,7H2,1-6H3,(H,15,16). The van der Waals surface area contributed by atoms with Crippen molar-refractivity contribution in [3.05, 3.63) is 15.8 Å². The summed E-state index contributed by atoms with van der Waals surface area (Å²) in [6.45, 7) is 12.0. The van der Waals surface area contributed by atoms with Crippen LogP contribution in [0, 0.1) is 12.8 Å². The quantitative estimate of drug-likeness (QED) is 0.870. The summed E-state index contributed by atoms with van der Waals surface area (Å²) in [4.78, 5) is 13.0. The first-order valence-electron chi connectivity index (χ1n) is 6.26. The molecule has 0 saturated heterocycles. The predicted molar refractivity (Wildman–Crippen MR) is 77.5 cm³/mol. The van der Waals surface area contributed by atoms with Gasteiger partial charge in [0, 0.05) is 10.3 Å². The molecule has 0 radical (unpaired) electrons. The van der Waals surface area contributed by atoms with Crippen LogP contribution >= 0.6 is 11.3 Å². The summed E-state index contributed by atoms with van der Waals surface area (Å²) in [5.41, 5.74) is 1.55. The third-order valence-electron chi connectivity index (χ3n) is 2.37. The highest BCUT2D eigenvalue weighted by Crippen LogP contribution is 2.28. The van der Waals surface area contributed by atoms with Crippen molar-refractivity contribution in [2.24, 2.45) is 5.92 Å². The maximum atomic E-state index is 11.7. The van der Waals surface area contributed by atoms with Crippen molar-refractivity contribution in [3.8, 4) is 0 Å². The highest BCUT2D eigenvalue weighted by molar-refractivity contribution is 7.10. The van der Waals surface area contributed by atoms with Crippen LogP contribution in [0.1, 0.15) is 45.1 Å². The molecule has 102 valence electrons. The Morgan fingerprint density at radius 1 is 1.44 bits per heavy atom. The van der Waals surface area contributed by atoms with Gasteiger partial charge in [0.25, 0.3) is 0 Å². The lowest BCUT2D eigenvalue weighted by molar-refractivity contribution is 0.0636. The number of nitrogens with one attached hydrogen (secondary N) is 1. The molecule has 0 fully saturated rings. The fourth-order valence-corrected chi connectivity index (χ4v) is 2.78. The molecule has 1 heterocycles. The third-order valence-corrected chi connectivity index (χ3v) is 3.48. The Labute approximate surface area is 114 Å². The molecule has 0 aliphatic heterocycles. The number of thiophene rings is 1. The number of hydrogen-bond acceptors (Lipinski definition) is 3. The largest absolute Gasteiger partial charge is 0.444 e. The molecule has 1 aromatic heterocycles. The highest BCUT2D eigenvalue weighted by atomic mass is 32.1. The normalized spacial score (nSPS) is 11.7. The zero-order valence-electron chi connectivity index (χ0n) is 12.1. The summed E-state index contributed by atoms with van der Waals surface area (Å²) in [7, 11) is 0. The summed E-state index contributed by atoms with van der Waals surface area (Å²) < 4.78 is 5.24. The van der Waals surface area contributed by atoms with Gasteiger partial charge in [-0.3, -0.25) is 5.32 Å². The molecule has 1 aromatic rings. The van der Waals surface area contributed by atoms with E-state index in [2.05, 4.69) is 19.2 Å². The molecule has 1 amide bonds. The maximum Gasteiger partial charge on any atom is 0.412 e. The molecule has 0 saturated carbocycles. The van der Waals surface area contributed by atoms with E-state index in [0.29, 0.717) is 5.92 Å². The third kappa shape index (κ3) is 4.69. The summed E-state index contributed by atoms with van der Waals surface area (Å²) >= 11 is 1.69. The average Bonchev–Trinajstić information content (AvgIpc) is 2.46. The first kappa shape index (κ1) is 15.0. The molecule has 0 aliphatic carbocycles. The first-order chi connectivity index (χ1) is 8.19. The van der Waals surface area contributed by atoms with Crippen LogP contribution in [-0.2, 0) is 11.2 Å². The fraction of sp³-hybridized carbons (Fsp3) is 0.643. The minimum absolute atomic E-state index is 0.389. The van der Waals surface area contributed by atoms with Gasteiger partial charge in [-0.2, -0.15) is 0 Å². The van der Waals surface area contributed by atoms with Crippen LogP contribution in [0.4, 0.5) is 10.5 Å². The van der Waals surface area contributed by atoms with E-state index in [0.717, 1.165) is 17.7 Å². The molecule has 0 aromatic carbocycles. The minimum atomic E-state index is -0.464. The summed E-state index contributed by atoms with van der Waals surface area (Å²) in [6.07, 6.45) is 0.659. The van der Waals surface area contributed by atoms with E-state index in [1.54, 1.807) is 11.3 Å². The fourth-order valence-electron chi connectivity index (χ4n) is 1.57. The van der Waals surface area contributed by atoms with Crippen LogP contribution in [0.2, 0.25) is 0 Å². The molecular formula is C14H23NO2S. The number of hydrogen-bond donors (Lipinski definition) is 1. The number of ether oxygens (including phenoxy) is 1. The van der Waals surface area contributed by atoms with E-state index in [9.17, 15) is 4.79 Å². The second-order valence-corrected chi connectivity index (χ2v) is 6.89. The van der Waals surface area contributed by atoms with Crippen molar-refractivity contribution in [1.29, 1.82) is 0 Å². The van der Waals surface area contributed by atoms with Crippen LogP contribution in [0.5, 0.6) is 0 Å². The molecule has 0 spiro atoms. The van der Waals surface area contributed by atoms with E-state index in [1.165, 1.54) is 4.88 Å². The number of amides is 1. The Kier molecular flexibility index (Phi) is 4.79. The van der Waals surface area contributed by atoms with Gasteiger partial charge < -0.3 is 4.74 Å². The van der Waals surface area contributed by atoms with Crippen LogP contribution in [0.25, 0.3) is 0 Å². The van der Waals surface area contributed by atoms with E-state index >= 15 is 0 Å². The lowest BCUT2D eigenvalue weighted by atomic mass is 10.1. The molecule has 0 unspecified atom stereocenters. The first-order valence-corrected chi connectivity index (χ1v) is 7.14. The molecule has 0 atom stereocenters. The van der Waals surface area contributed by atoms with Crippen molar-refractivity contribution < 1.29 is 9.53 Å². The van der Waals surface area contributed by atoms with Gasteiger partial charge in [0.05, 0.1) is 5.69 Å². The molecule has 18 heavy (non-hydrogen) atoms. The van der Waals surface area contributed by atoms with Gasteiger partial charge in [-0.25, -0.2) is 4.79 Å². The molecular weight excluding hydrogens is 246 g/mol. The van der Waals surface area contributed by atoms with Crippen molar-refractivity contribution in [1.82, 2.24) is 0 Å². The van der Waals surface area contributed by atoms with Crippen molar-refractivity contribution in [2.75, 3.05) is 5.32 Å². The van der Waals surface area contributed by atoms with E-state index in [1.807, 2.05) is 33.1 Å². The lowest BCUT2D eigenvalue weighted by Crippen LogP contribution is -2.27. The molecule has 4 heteroatoms. The van der Waals surface area contributed by atoms with Crippen LogP contribution in [0.3, 0.4) is 0 Å². The molecule has 3 nitrogen and oxygen atoms in total. The second-order valence-electron chi connectivity index (χ2n) is 5.92. The van der Waals surface area contributed by atoms with Crippen LogP contribution < -0.4 is 5.32 Å². The molecule has 0 bridgehead atoms. The highest BCUT2D eigenvalue weighted by Gasteiger charge is 2.18. The van der Waals surface area contributed by atoms with E-state index < -0.39 is 5.60 Å². The van der Waals surface area contributed by atoms with Gasteiger partial charge in [0.1, 0.15) is 5.60 Å². The van der Waals surface area contributed by atoms with Gasteiger partial charge in [-0.05, 0) is 45.6 Å². The van der Waals surface area contributed by atoms with Crippen molar-refractivity contribution in [2.45, 2.75) is 53.6 Å². The van der Waals surface area contributed by atoms with Crippen molar-refractivity contribution in [3.63, 3.8) is 0 Å². The van der Waals surface area contributed by atoms with Crippen LogP contribution in [0.15, 0.2) is 5.38 Å². The second kappa shape index (κ2) is 5.74. The predicted octanol–water partition coefficient (Wildman–Crippen LogP) is 4.60. The minimum Gasteiger partial charge on any atom is -0.444 e. The molecule has 0 aliphatic rings.